The molecule has 1 amide bonds. The Morgan fingerprint density at radius 1 is 1.23 bits per heavy atom. The molecule has 2 aliphatic carbocycles. The number of anilines is 1. The van der Waals surface area contributed by atoms with Crippen molar-refractivity contribution in [1.82, 2.24) is 20.2 Å². The lowest BCUT2D eigenvalue weighted by Gasteiger charge is -2.19. The summed E-state index contributed by atoms with van der Waals surface area (Å²) < 4.78 is 32.8. The molecule has 2 aromatic carbocycles. The number of hydrogen-bond acceptors (Lipinski definition) is 6. The molecule has 2 fully saturated rings. The standard InChI is InChI=1S/C29H30ClF2N5O2/c1-15(31)28(38)34-7-6-33-27-23-11-24(30)22(20-5-3-4-16-8-17-9-21(17)26(16)20)12-25(23)35-29(36-27)39-14-19-10-18(32)13-37(19)2/h3-5,11-12,17-19,21H,1,6-10,13-14H2,2H3,(H,34,38)(H,33,35,36)/t17?,18-,19+,21?/m1/s1. The van der Waals surface area contributed by atoms with Gasteiger partial charge in [0.05, 0.1) is 5.52 Å². The summed E-state index contributed by atoms with van der Waals surface area (Å²) in [5, 5.41) is 6.90. The Balaban J connectivity index is 1.32. The number of carbonyl (C=O) groups excluding carboxylic acids is 1. The van der Waals surface area contributed by atoms with E-state index in [9.17, 15) is 13.6 Å². The highest BCUT2D eigenvalue weighted by atomic mass is 35.5. The number of benzene rings is 2. The van der Waals surface area contributed by atoms with Crippen molar-refractivity contribution in [3.63, 3.8) is 0 Å². The quantitative estimate of drug-likeness (QED) is 0.285. The molecule has 2 N–H and O–H groups in total. The molecule has 0 bridgehead atoms. The predicted molar refractivity (Wildman–Crippen MR) is 148 cm³/mol. The van der Waals surface area contributed by atoms with Gasteiger partial charge in [0.1, 0.15) is 18.6 Å². The Kier molecular flexibility index (Phi) is 6.89. The number of nitrogens with one attached hydrogen (secondary N) is 2. The molecule has 1 saturated heterocycles. The summed E-state index contributed by atoms with van der Waals surface area (Å²) in [4.78, 5) is 22.7. The fraction of sp³-hybridized carbons (Fsp3) is 0.414. The number of nitrogens with zero attached hydrogens (tertiary/aromatic N) is 3. The second-order valence-electron chi connectivity index (χ2n) is 10.7. The molecule has 39 heavy (non-hydrogen) atoms. The fourth-order valence-electron chi connectivity index (χ4n) is 5.94. The Morgan fingerprint density at radius 2 is 2.08 bits per heavy atom. The molecule has 2 unspecified atom stereocenters. The van der Waals surface area contributed by atoms with Crippen molar-refractivity contribution in [3.05, 3.63) is 58.9 Å². The number of hydrogen-bond donors (Lipinski definition) is 2. The van der Waals surface area contributed by atoms with Crippen LogP contribution in [0, 0.1) is 5.92 Å². The molecule has 6 rings (SSSR count). The van der Waals surface area contributed by atoms with E-state index in [1.165, 1.54) is 17.5 Å². The van der Waals surface area contributed by atoms with Gasteiger partial charge in [0, 0.05) is 41.6 Å². The highest BCUT2D eigenvalue weighted by Gasteiger charge is 2.46. The molecule has 3 aromatic rings. The molecule has 1 aromatic heterocycles. The maximum atomic E-state index is 13.9. The summed E-state index contributed by atoms with van der Waals surface area (Å²) in [7, 11) is 1.87. The lowest BCUT2D eigenvalue weighted by Crippen LogP contribution is -2.31. The van der Waals surface area contributed by atoms with Crippen molar-refractivity contribution in [1.29, 1.82) is 0 Å². The molecule has 1 saturated carbocycles. The topological polar surface area (TPSA) is 79.4 Å². The van der Waals surface area contributed by atoms with E-state index in [4.69, 9.17) is 21.3 Å². The van der Waals surface area contributed by atoms with Crippen LogP contribution in [0.15, 0.2) is 42.7 Å². The van der Waals surface area contributed by atoms with Crippen LogP contribution in [0.1, 0.15) is 29.9 Å². The van der Waals surface area contributed by atoms with Crippen molar-refractivity contribution in [3.8, 4) is 17.1 Å². The fourth-order valence-corrected chi connectivity index (χ4v) is 6.20. The van der Waals surface area contributed by atoms with Crippen LogP contribution < -0.4 is 15.4 Å². The summed E-state index contributed by atoms with van der Waals surface area (Å²) in [6.45, 7) is 4.06. The zero-order chi connectivity index (χ0) is 27.3. The number of ether oxygens (including phenoxy) is 1. The number of aromatic nitrogens is 2. The van der Waals surface area contributed by atoms with E-state index >= 15 is 0 Å². The van der Waals surface area contributed by atoms with Crippen LogP contribution in [-0.4, -0.2) is 66.3 Å². The van der Waals surface area contributed by atoms with Gasteiger partial charge in [0.2, 0.25) is 0 Å². The summed E-state index contributed by atoms with van der Waals surface area (Å²) in [6.07, 6.45) is 1.87. The van der Waals surface area contributed by atoms with Gasteiger partial charge in [-0.3, -0.25) is 9.69 Å². The van der Waals surface area contributed by atoms with E-state index < -0.39 is 17.9 Å². The van der Waals surface area contributed by atoms with Crippen LogP contribution in [0.5, 0.6) is 6.01 Å². The zero-order valence-corrected chi connectivity index (χ0v) is 22.4. The average molecular weight is 554 g/mol. The lowest BCUT2D eigenvalue weighted by atomic mass is 9.93. The smallest absolute Gasteiger partial charge is 0.318 e. The van der Waals surface area contributed by atoms with E-state index in [2.05, 4.69) is 40.4 Å². The van der Waals surface area contributed by atoms with Crippen LogP contribution in [-0.2, 0) is 11.2 Å². The summed E-state index contributed by atoms with van der Waals surface area (Å²) >= 11 is 6.86. The summed E-state index contributed by atoms with van der Waals surface area (Å²) in [5.41, 5.74) is 5.48. The van der Waals surface area contributed by atoms with E-state index in [1.54, 1.807) is 0 Å². The van der Waals surface area contributed by atoms with Gasteiger partial charge in [-0.25, -0.2) is 8.78 Å². The van der Waals surface area contributed by atoms with E-state index in [0.717, 1.165) is 23.5 Å². The largest absolute Gasteiger partial charge is 0.462 e. The number of alkyl halides is 1. The molecule has 2 heterocycles. The maximum absolute atomic E-state index is 13.9. The summed E-state index contributed by atoms with van der Waals surface area (Å²) in [5.74, 6) is -0.0921. The number of fused-ring (bicyclic) bond motifs is 4. The third-order valence-electron chi connectivity index (χ3n) is 8.02. The van der Waals surface area contributed by atoms with Gasteiger partial charge in [-0.2, -0.15) is 9.97 Å². The first-order valence-corrected chi connectivity index (χ1v) is 13.6. The van der Waals surface area contributed by atoms with Gasteiger partial charge >= 0.3 is 6.01 Å². The third kappa shape index (κ3) is 5.17. The molecule has 7 nitrogen and oxygen atoms in total. The SMILES string of the molecule is C=C(F)C(=O)NCCNc1nc(OC[C@@H]2C[C@@H](F)CN2C)nc2cc(-c3cccc4c3C3CC3C4)c(Cl)cc12. The normalized spacial score (nSPS) is 23.4. The van der Waals surface area contributed by atoms with Crippen molar-refractivity contribution in [2.45, 2.75) is 37.4 Å². The monoisotopic (exact) mass is 553 g/mol. The Morgan fingerprint density at radius 3 is 2.85 bits per heavy atom. The Hall–Kier alpha value is -3.30. The molecule has 10 heteroatoms. The number of rotatable bonds is 9. The molecule has 4 atom stereocenters. The van der Waals surface area contributed by atoms with Gasteiger partial charge in [0.25, 0.3) is 5.91 Å². The number of carbonyl (C=O) groups is 1. The second-order valence-corrected chi connectivity index (χ2v) is 11.1. The first-order chi connectivity index (χ1) is 18.8. The Labute approximate surface area is 230 Å². The number of amides is 1. The Bertz CT molecular complexity index is 1470. The van der Waals surface area contributed by atoms with Crippen LogP contribution in [0.4, 0.5) is 14.6 Å². The van der Waals surface area contributed by atoms with Crippen molar-refractivity contribution in [2.24, 2.45) is 5.92 Å². The molecular formula is C29H30ClF2N5O2. The predicted octanol–water partition coefficient (Wildman–Crippen LogP) is 5.04. The van der Waals surface area contributed by atoms with Gasteiger partial charge in [-0.1, -0.05) is 36.4 Å². The second kappa shape index (κ2) is 10.4. The minimum absolute atomic E-state index is 0.0705. The van der Waals surface area contributed by atoms with Crippen molar-refractivity contribution < 1.29 is 18.3 Å². The lowest BCUT2D eigenvalue weighted by molar-refractivity contribution is -0.118. The first-order valence-electron chi connectivity index (χ1n) is 13.3. The molecule has 0 spiro atoms. The zero-order valence-electron chi connectivity index (χ0n) is 21.6. The molecule has 3 aliphatic rings. The van der Waals surface area contributed by atoms with Gasteiger partial charge in [0.15, 0.2) is 5.83 Å². The van der Waals surface area contributed by atoms with Crippen LogP contribution >= 0.6 is 11.6 Å². The van der Waals surface area contributed by atoms with Gasteiger partial charge in [-0.15, -0.1) is 0 Å². The van der Waals surface area contributed by atoms with Gasteiger partial charge < -0.3 is 15.4 Å². The van der Waals surface area contributed by atoms with E-state index in [0.29, 0.717) is 40.6 Å². The van der Waals surface area contributed by atoms with Crippen LogP contribution in [0.25, 0.3) is 22.0 Å². The number of halogens is 3. The minimum Gasteiger partial charge on any atom is -0.462 e. The first kappa shape index (κ1) is 26.0. The highest BCUT2D eigenvalue weighted by molar-refractivity contribution is 6.34. The molecule has 204 valence electrons. The van der Waals surface area contributed by atoms with Crippen LogP contribution in [0.3, 0.4) is 0 Å². The molecular weight excluding hydrogens is 524 g/mol. The highest BCUT2D eigenvalue weighted by Crippen LogP contribution is 2.59. The van der Waals surface area contributed by atoms with E-state index in [-0.39, 0.29) is 31.7 Å². The third-order valence-corrected chi connectivity index (χ3v) is 8.33. The number of likely N-dealkylation sites (N-methyl/N-ethyl adjacent to an activating group) is 1. The number of likely N-dealkylation sites (tertiary alicyclic amines) is 1. The maximum Gasteiger partial charge on any atom is 0.318 e. The molecule has 0 radical (unpaired) electrons. The summed E-state index contributed by atoms with van der Waals surface area (Å²) in [6, 6.07) is 10.3. The van der Waals surface area contributed by atoms with Crippen LogP contribution in [0.2, 0.25) is 5.02 Å². The van der Waals surface area contributed by atoms with Crippen molar-refractivity contribution in [2.75, 3.05) is 38.6 Å². The van der Waals surface area contributed by atoms with Gasteiger partial charge in [-0.05, 0) is 67.0 Å². The molecule has 1 aliphatic heterocycles. The van der Waals surface area contributed by atoms with E-state index in [1.807, 2.05) is 24.1 Å². The van der Waals surface area contributed by atoms with Crippen molar-refractivity contribution >= 4 is 34.2 Å². The average Bonchev–Trinajstić information content (AvgIpc) is 3.45. The minimum atomic E-state index is -1.05.